The SMILES string of the molecule is CN(C)C(=O)C(c1ccccc1)N1CCC(c2cn[nH]c2)CC1. The minimum Gasteiger partial charge on any atom is -0.347 e. The van der Waals surface area contributed by atoms with Crippen molar-refractivity contribution in [2.75, 3.05) is 27.2 Å². The smallest absolute Gasteiger partial charge is 0.244 e. The van der Waals surface area contributed by atoms with Crippen LogP contribution in [-0.4, -0.2) is 53.1 Å². The van der Waals surface area contributed by atoms with Crippen LogP contribution in [0.3, 0.4) is 0 Å². The predicted molar refractivity (Wildman–Crippen MR) is 90.0 cm³/mol. The maximum atomic E-state index is 12.7. The van der Waals surface area contributed by atoms with Crippen molar-refractivity contribution in [2.24, 2.45) is 0 Å². The monoisotopic (exact) mass is 312 g/mol. The molecule has 1 atom stereocenters. The van der Waals surface area contributed by atoms with E-state index in [2.05, 4.69) is 15.1 Å². The zero-order chi connectivity index (χ0) is 16.2. The Labute approximate surface area is 137 Å². The standard InChI is InChI=1S/C18H24N4O/c1-21(2)18(23)17(15-6-4-3-5-7-15)22-10-8-14(9-11-22)16-12-19-20-13-16/h3-7,12-14,17H,8-11H2,1-2H3,(H,19,20). The van der Waals surface area contributed by atoms with Gasteiger partial charge in [-0.3, -0.25) is 14.8 Å². The average Bonchev–Trinajstić information content (AvgIpc) is 3.11. The number of benzene rings is 1. The van der Waals surface area contributed by atoms with Crippen LogP contribution < -0.4 is 0 Å². The third kappa shape index (κ3) is 3.45. The molecule has 3 rings (SSSR count). The molecule has 23 heavy (non-hydrogen) atoms. The van der Waals surface area contributed by atoms with Gasteiger partial charge in [0.1, 0.15) is 6.04 Å². The average molecular weight is 312 g/mol. The van der Waals surface area contributed by atoms with Gasteiger partial charge in [0.05, 0.1) is 6.20 Å². The number of nitrogens with one attached hydrogen (secondary N) is 1. The van der Waals surface area contributed by atoms with E-state index in [-0.39, 0.29) is 11.9 Å². The number of hydrogen-bond donors (Lipinski definition) is 1. The number of carbonyl (C=O) groups excluding carboxylic acids is 1. The molecule has 1 aromatic heterocycles. The van der Waals surface area contributed by atoms with Crippen LogP contribution in [0.25, 0.3) is 0 Å². The van der Waals surface area contributed by atoms with E-state index in [1.54, 1.807) is 4.90 Å². The molecule has 5 nitrogen and oxygen atoms in total. The molecule has 0 bridgehead atoms. The number of aromatic nitrogens is 2. The first kappa shape index (κ1) is 15.7. The zero-order valence-electron chi connectivity index (χ0n) is 13.8. The number of rotatable bonds is 4. The van der Waals surface area contributed by atoms with Gasteiger partial charge in [0.15, 0.2) is 0 Å². The summed E-state index contributed by atoms with van der Waals surface area (Å²) >= 11 is 0. The third-order valence-corrected chi connectivity index (χ3v) is 4.68. The molecule has 1 unspecified atom stereocenters. The van der Waals surface area contributed by atoms with Crippen molar-refractivity contribution < 1.29 is 4.79 Å². The van der Waals surface area contributed by atoms with Crippen LogP contribution in [0.5, 0.6) is 0 Å². The van der Waals surface area contributed by atoms with Crippen LogP contribution in [0, 0.1) is 0 Å². The second kappa shape index (κ2) is 6.96. The van der Waals surface area contributed by atoms with E-state index in [9.17, 15) is 4.79 Å². The molecule has 1 fully saturated rings. The first-order valence-electron chi connectivity index (χ1n) is 8.15. The molecule has 0 radical (unpaired) electrons. The molecular weight excluding hydrogens is 288 g/mol. The first-order valence-corrected chi connectivity index (χ1v) is 8.15. The minimum absolute atomic E-state index is 0.151. The summed E-state index contributed by atoms with van der Waals surface area (Å²) in [6, 6.07) is 9.91. The number of H-pyrrole nitrogens is 1. The topological polar surface area (TPSA) is 52.2 Å². The Kier molecular flexibility index (Phi) is 4.76. The molecule has 122 valence electrons. The van der Waals surface area contributed by atoms with Crippen LogP contribution in [-0.2, 0) is 4.79 Å². The number of amides is 1. The molecule has 0 aliphatic carbocycles. The largest absolute Gasteiger partial charge is 0.347 e. The van der Waals surface area contributed by atoms with Crippen molar-refractivity contribution in [3.63, 3.8) is 0 Å². The van der Waals surface area contributed by atoms with Gasteiger partial charge in [-0.15, -0.1) is 0 Å². The van der Waals surface area contributed by atoms with Crippen molar-refractivity contribution in [1.29, 1.82) is 0 Å². The van der Waals surface area contributed by atoms with E-state index in [1.165, 1.54) is 5.56 Å². The molecule has 1 saturated heterocycles. The Morgan fingerprint density at radius 3 is 2.52 bits per heavy atom. The minimum atomic E-state index is -0.184. The van der Waals surface area contributed by atoms with E-state index >= 15 is 0 Å². The zero-order valence-corrected chi connectivity index (χ0v) is 13.8. The molecule has 1 N–H and O–H groups in total. The second-order valence-corrected chi connectivity index (χ2v) is 6.39. The molecule has 5 heteroatoms. The summed E-state index contributed by atoms with van der Waals surface area (Å²) in [4.78, 5) is 16.7. The number of carbonyl (C=O) groups is 1. The van der Waals surface area contributed by atoms with Gasteiger partial charge in [-0.2, -0.15) is 5.10 Å². The molecule has 2 aromatic rings. The van der Waals surface area contributed by atoms with E-state index < -0.39 is 0 Å². The Hall–Kier alpha value is -2.14. The summed E-state index contributed by atoms with van der Waals surface area (Å²) in [5.74, 6) is 0.689. The second-order valence-electron chi connectivity index (χ2n) is 6.39. The van der Waals surface area contributed by atoms with Crippen LogP contribution in [0.15, 0.2) is 42.7 Å². The molecular formula is C18H24N4O. The highest BCUT2D eigenvalue weighted by atomic mass is 16.2. The molecule has 2 heterocycles. The molecule has 0 saturated carbocycles. The predicted octanol–water partition coefficient (Wildman–Crippen LogP) is 2.42. The molecule has 1 aliphatic rings. The summed E-state index contributed by atoms with van der Waals surface area (Å²) in [6.07, 6.45) is 6.02. The van der Waals surface area contributed by atoms with Crippen molar-refractivity contribution in [2.45, 2.75) is 24.8 Å². The van der Waals surface area contributed by atoms with Crippen molar-refractivity contribution in [3.05, 3.63) is 53.9 Å². The lowest BCUT2D eigenvalue weighted by Crippen LogP contribution is -2.43. The van der Waals surface area contributed by atoms with Gasteiger partial charge < -0.3 is 4.90 Å². The van der Waals surface area contributed by atoms with Gasteiger partial charge in [0.25, 0.3) is 0 Å². The van der Waals surface area contributed by atoms with Crippen LogP contribution in [0.4, 0.5) is 0 Å². The van der Waals surface area contributed by atoms with E-state index in [1.807, 2.05) is 56.8 Å². The molecule has 0 spiro atoms. The highest BCUT2D eigenvalue weighted by Gasteiger charge is 2.32. The lowest BCUT2D eigenvalue weighted by molar-refractivity contribution is -0.135. The normalized spacial score (nSPS) is 17.8. The van der Waals surface area contributed by atoms with Gasteiger partial charge in [-0.05, 0) is 43.0 Å². The van der Waals surface area contributed by atoms with Gasteiger partial charge in [0, 0.05) is 20.3 Å². The highest BCUT2D eigenvalue weighted by molar-refractivity contribution is 5.82. The summed E-state index contributed by atoms with van der Waals surface area (Å²) in [7, 11) is 3.66. The Morgan fingerprint density at radius 2 is 1.96 bits per heavy atom. The van der Waals surface area contributed by atoms with Crippen LogP contribution in [0.2, 0.25) is 0 Å². The first-order chi connectivity index (χ1) is 11.2. The summed E-state index contributed by atoms with van der Waals surface area (Å²) in [5.41, 5.74) is 2.35. The quantitative estimate of drug-likeness (QED) is 0.943. The number of piperidine rings is 1. The number of likely N-dealkylation sites (tertiary alicyclic amines) is 1. The maximum absolute atomic E-state index is 12.7. The van der Waals surface area contributed by atoms with Crippen molar-refractivity contribution >= 4 is 5.91 Å². The number of hydrogen-bond acceptors (Lipinski definition) is 3. The van der Waals surface area contributed by atoms with E-state index in [4.69, 9.17) is 0 Å². The Morgan fingerprint density at radius 1 is 1.26 bits per heavy atom. The van der Waals surface area contributed by atoms with E-state index in [0.29, 0.717) is 5.92 Å². The molecule has 1 amide bonds. The Balaban J connectivity index is 1.75. The Bertz CT molecular complexity index is 616. The van der Waals surface area contributed by atoms with Gasteiger partial charge >= 0.3 is 0 Å². The fourth-order valence-electron chi connectivity index (χ4n) is 3.36. The highest BCUT2D eigenvalue weighted by Crippen LogP contribution is 2.32. The van der Waals surface area contributed by atoms with Gasteiger partial charge in [-0.1, -0.05) is 30.3 Å². The lowest BCUT2D eigenvalue weighted by atomic mass is 9.90. The third-order valence-electron chi connectivity index (χ3n) is 4.68. The van der Waals surface area contributed by atoms with E-state index in [0.717, 1.165) is 31.5 Å². The molecule has 1 aromatic carbocycles. The number of nitrogens with zero attached hydrogens (tertiary/aromatic N) is 3. The fourth-order valence-corrected chi connectivity index (χ4v) is 3.36. The number of aromatic amines is 1. The number of likely N-dealkylation sites (N-methyl/N-ethyl adjacent to an activating group) is 1. The summed E-state index contributed by atoms with van der Waals surface area (Å²) in [6.45, 7) is 1.85. The summed E-state index contributed by atoms with van der Waals surface area (Å²) in [5, 5.41) is 6.95. The lowest BCUT2D eigenvalue weighted by Gasteiger charge is -2.37. The van der Waals surface area contributed by atoms with Crippen LogP contribution >= 0.6 is 0 Å². The van der Waals surface area contributed by atoms with Crippen LogP contribution in [0.1, 0.15) is 35.9 Å². The fraction of sp³-hybridized carbons (Fsp3) is 0.444. The van der Waals surface area contributed by atoms with Gasteiger partial charge in [-0.25, -0.2) is 0 Å². The molecule has 1 aliphatic heterocycles. The van der Waals surface area contributed by atoms with Gasteiger partial charge in [0.2, 0.25) is 5.91 Å². The summed E-state index contributed by atoms with van der Waals surface area (Å²) < 4.78 is 0. The maximum Gasteiger partial charge on any atom is 0.244 e. The van der Waals surface area contributed by atoms with Crippen molar-refractivity contribution in [1.82, 2.24) is 20.0 Å². The van der Waals surface area contributed by atoms with Crippen molar-refractivity contribution in [3.8, 4) is 0 Å².